The highest BCUT2D eigenvalue weighted by Gasteiger charge is 2.23. The van der Waals surface area contributed by atoms with Gasteiger partial charge in [0.25, 0.3) is 0 Å². The van der Waals surface area contributed by atoms with Gasteiger partial charge in [-0.2, -0.15) is 0 Å². The average molecular weight is 270 g/mol. The third-order valence-corrected chi connectivity index (χ3v) is 4.00. The molecule has 1 fully saturated rings. The van der Waals surface area contributed by atoms with E-state index in [2.05, 4.69) is 19.2 Å². The minimum atomic E-state index is 0.257. The highest BCUT2D eigenvalue weighted by atomic mass is 16.5. The molecule has 112 valence electrons. The van der Waals surface area contributed by atoms with Crippen LogP contribution in [0.25, 0.3) is 0 Å². The maximum atomic E-state index is 12.1. The zero-order chi connectivity index (χ0) is 14.1. The summed E-state index contributed by atoms with van der Waals surface area (Å²) in [6, 6.07) is 0.257. The molecule has 0 bridgehead atoms. The molecule has 2 unspecified atom stereocenters. The van der Waals surface area contributed by atoms with Crippen LogP contribution in [0.3, 0.4) is 0 Å². The Morgan fingerprint density at radius 3 is 2.84 bits per heavy atom. The van der Waals surface area contributed by atoms with Gasteiger partial charge in [-0.15, -0.1) is 0 Å². The molecular formula is C15H30N2O2. The van der Waals surface area contributed by atoms with E-state index in [1.807, 2.05) is 4.90 Å². The normalized spacial score (nSPS) is 22.4. The van der Waals surface area contributed by atoms with Gasteiger partial charge >= 0.3 is 0 Å². The predicted molar refractivity (Wildman–Crippen MR) is 78.2 cm³/mol. The maximum Gasteiger partial charge on any atom is 0.222 e. The van der Waals surface area contributed by atoms with E-state index in [9.17, 15) is 4.79 Å². The molecule has 1 rings (SSSR count). The topological polar surface area (TPSA) is 41.6 Å². The van der Waals surface area contributed by atoms with Crippen molar-refractivity contribution in [3.05, 3.63) is 0 Å². The van der Waals surface area contributed by atoms with Crippen molar-refractivity contribution >= 4 is 5.91 Å². The summed E-state index contributed by atoms with van der Waals surface area (Å²) in [5, 5.41) is 3.46. The van der Waals surface area contributed by atoms with Crippen LogP contribution >= 0.6 is 0 Å². The summed E-state index contributed by atoms with van der Waals surface area (Å²) in [5.74, 6) is 1.04. The van der Waals surface area contributed by atoms with E-state index in [1.54, 1.807) is 7.11 Å². The standard InChI is InChI=1S/C15H30N2O2/c1-4-9-16-14(12-19-3)11-17-10-8-13(5-2)6-7-15(17)18/h13-14,16H,4-12H2,1-3H3. The Labute approximate surface area is 117 Å². The first-order chi connectivity index (χ1) is 9.21. The van der Waals surface area contributed by atoms with Gasteiger partial charge in [-0.3, -0.25) is 4.79 Å². The molecule has 1 N–H and O–H groups in total. The monoisotopic (exact) mass is 270 g/mol. The smallest absolute Gasteiger partial charge is 0.222 e. The second-order valence-corrected chi connectivity index (χ2v) is 5.55. The first-order valence-electron chi connectivity index (χ1n) is 7.71. The number of likely N-dealkylation sites (tertiary alicyclic amines) is 1. The molecule has 0 spiro atoms. The first-order valence-corrected chi connectivity index (χ1v) is 7.71. The summed E-state index contributed by atoms with van der Waals surface area (Å²) in [6.45, 7) is 7.71. The molecule has 1 saturated heterocycles. The van der Waals surface area contributed by atoms with Crippen molar-refractivity contribution < 1.29 is 9.53 Å². The van der Waals surface area contributed by atoms with E-state index in [4.69, 9.17) is 4.74 Å². The average Bonchev–Trinajstić information content (AvgIpc) is 2.59. The van der Waals surface area contributed by atoms with Crippen molar-refractivity contribution in [1.82, 2.24) is 10.2 Å². The van der Waals surface area contributed by atoms with Crippen LogP contribution in [0.2, 0.25) is 0 Å². The Morgan fingerprint density at radius 2 is 2.21 bits per heavy atom. The van der Waals surface area contributed by atoms with Crippen molar-refractivity contribution in [3.8, 4) is 0 Å². The van der Waals surface area contributed by atoms with Gasteiger partial charge in [0.05, 0.1) is 6.61 Å². The minimum Gasteiger partial charge on any atom is -0.383 e. The Balaban J connectivity index is 2.48. The predicted octanol–water partition coefficient (Wildman–Crippen LogP) is 2.04. The molecule has 4 heteroatoms. The van der Waals surface area contributed by atoms with E-state index in [1.165, 1.54) is 6.42 Å². The summed E-state index contributed by atoms with van der Waals surface area (Å²) in [5.41, 5.74) is 0. The number of nitrogens with one attached hydrogen (secondary N) is 1. The van der Waals surface area contributed by atoms with Crippen LogP contribution in [0.5, 0.6) is 0 Å². The van der Waals surface area contributed by atoms with Crippen LogP contribution in [0.1, 0.15) is 46.0 Å². The lowest BCUT2D eigenvalue weighted by Gasteiger charge is -2.27. The summed E-state index contributed by atoms with van der Waals surface area (Å²) in [6.07, 6.45) is 5.22. The highest BCUT2D eigenvalue weighted by molar-refractivity contribution is 5.76. The fraction of sp³-hybridized carbons (Fsp3) is 0.933. The quantitative estimate of drug-likeness (QED) is 0.734. The van der Waals surface area contributed by atoms with Crippen LogP contribution in [0.15, 0.2) is 0 Å². The van der Waals surface area contributed by atoms with Gasteiger partial charge in [0.15, 0.2) is 0 Å². The van der Waals surface area contributed by atoms with Gasteiger partial charge in [0, 0.05) is 32.7 Å². The van der Waals surface area contributed by atoms with Crippen LogP contribution in [-0.2, 0) is 9.53 Å². The van der Waals surface area contributed by atoms with Gasteiger partial charge in [0.1, 0.15) is 0 Å². The number of carbonyl (C=O) groups excluding carboxylic acids is 1. The summed E-state index contributed by atoms with van der Waals surface area (Å²) in [7, 11) is 1.72. The molecule has 0 aromatic carbocycles. The first kappa shape index (κ1) is 16.4. The van der Waals surface area contributed by atoms with Gasteiger partial charge in [-0.1, -0.05) is 20.3 Å². The molecule has 0 radical (unpaired) electrons. The molecular weight excluding hydrogens is 240 g/mol. The summed E-state index contributed by atoms with van der Waals surface area (Å²) >= 11 is 0. The zero-order valence-corrected chi connectivity index (χ0v) is 12.8. The summed E-state index contributed by atoms with van der Waals surface area (Å²) in [4.78, 5) is 14.2. The molecule has 1 aliphatic heterocycles. The molecule has 2 atom stereocenters. The third kappa shape index (κ3) is 5.91. The van der Waals surface area contributed by atoms with Crippen LogP contribution in [0.4, 0.5) is 0 Å². The molecule has 0 saturated carbocycles. The van der Waals surface area contributed by atoms with E-state index >= 15 is 0 Å². The van der Waals surface area contributed by atoms with Crippen LogP contribution < -0.4 is 5.32 Å². The molecule has 4 nitrogen and oxygen atoms in total. The molecule has 1 heterocycles. The second-order valence-electron chi connectivity index (χ2n) is 5.55. The molecule has 0 aromatic heterocycles. The fourth-order valence-corrected chi connectivity index (χ4v) is 2.69. The Kier molecular flexibility index (Phi) is 8.07. The SMILES string of the molecule is CCCNC(COC)CN1CCC(CC)CCC1=O. The van der Waals surface area contributed by atoms with Crippen molar-refractivity contribution in [3.63, 3.8) is 0 Å². The molecule has 0 aliphatic carbocycles. The summed E-state index contributed by atoms with van der Waals surface area (Å²) < 4.78 is 5.25. The van der Waals surface area contributed by atoms with E-state index in [-0.39, 0.29) is 6.04 Å². The second kappa shape index (κ2) is 9.32. The Hall–Kier alpha value is -0.610. The number of nitrogens with zero attached hydrogens (tertiary/aromatic N) is 1. The Morgan fingerprint density at radius 1 is 1.42 bits per heavy atom. The lowest BCUT2D eigenvalue weighted by Crippen LogP contribution is -2.46. The van der Waals surface area contributed by atoms with E-state index in [0.29, 0.717) is 18.9 Å². The van der Waals surface area contributed by atoms with Gasteiger partial charge in [-0.25, -0.2) is 0 Å². The fourth-order valence-electron chi connectivity index (χ4n) is 2.69. The van der Waals surface area contributed by atoms with Gasteiger partial charge in [-0.05, 0) is 31.7 Å². The lowest BCUT2D eigenvalue weighted by molar-refractivity contribution is -0.131. The molecule has 1 aliphatic rings. The highest BCUT2D eigenvalue weighted by Crippen LogP contribution is 2.21. The largest absolute Gasteiger partial charge is 0.383 e. The number of hydrogen-bond donors (Lipinski definition) is 1. The van der Waals surface area contributed by atoms with Crippen LogP contribution in [-0.4, -0.2) is 50.2 Å². The minimum absolute atomic E-state index is 0.257. The lowest BCUT2D eigenvalue weighted by atomic mass is 9.98. The number of ether oxygens (including phenoxy) is 1. The molecule has 0 aromatic rings. The number of amides is 1. The Bertz CT molecular complexity index is 259. The van der Waals surface area contributed by atoms with Crippen molar-refractivity contribution in [2.24, 2.45) is 5.92 Å². The van der Waals surface area contributed by atoms with Crippen molar-refractivity contribution in [1.29, 1.82) is 0 Å². The third-order valence-electron chi connectivity index (χ3n) is 4.00. The molecule has 1 amide bonds. The number of rotatable bonds is 8. The van der Waals surface area contributed by atoms with Crippen molar-refractivity contribution in [2.75, 3.05) is 33.4 Å². The number of methoxy groups -OCH3 is 1. The maximum absolute atomic E-state index is 12.1. The van der Waals surface area contributed by atoms with E-state index < -0.39 is 0 Å². The van der Waals surface area contributed by atoms with Gasteiger partial charge in [0.2, 0.25) is 5.91 Å². The van der Waals surface area contributed by atoms with E-state index in [0.717, 1.165) is 44.8 Å². The van der Waals surface area contributed by atoms with Crippen molar-refractivity contribution in [2.45, 2.75) is 52.0 Å². The zero-order valence-electron chi connectivity index (χ0n) is 12.8. The number of hydrogen-bond acceptors (Lipinski definition) is 3. The molecule has 19 heavy (non-hydrogen) atoms. The van der Waals surface area contributed by atoms with Gasteiger partial charge < -0.3 is 15.0 Å². The van der Waals surface area contributed by atoms with Crippen LogP contribution in [0, 0.1) is 5.92 Å². The number of carbonyl (C=O) groups is 1.